The van der Waals surface area contributed by atoms with E-state index in [1.165, 1.54) is 0 Å². The molecule has 8 nitrogen and oxygen atoms in total. The van der Waals surface area contributed by atoms with Crippen molar-refractivity contribution in [1.82, 2.24) is 19.1 Å². The van der Waals surface area contributed by atoms with Crippen LogP contribution >= 0.6 is 11.8 Å². The number of nitrogens with zero attached hydrogens (tertiary/aromatic N) is 7. The van der Waals surface area contributed by atoms with Crippen LogP contribution in [0.15, 0.2) is 210 Å². The summed E-state index contributed by atoms with van der Waals surface area (Å²) in [6.07, 6.45) is 3.85. The molecule has 1 spiro atoms. The predicted octanol–water partition coefficient (Wildman–Crippen LogP) is 15.5. The number of aromatic nitrogens is 4. The molecule has 0 saturated heterocycles. The average Bonchev–Trinajstić information content (AvgIpc) is 4.03. The zero-order valence-corrected chi connectivity index (χ0v) is 37.8. The van der Waals surface area contributed by atoms with Gasteiger partial charge in [0.1, 0.15) is 0 Å². The van der Waals surface area contributed by atoms with E-state index in [0.29, 0.717) is 11.3 Å². The van der Waals surface area contributed by atoms with Crippen LogP contribution in [0, 0.1) is 17.9 Å². The molecule has 4 aromatic heterocycles. The number of fused-ring (bicyclic) bond motifs is 17. The highest BCUT2D eigenvalue weighted by Gasteiger charge is 2.53. The fourth-order valence-corrected chi connectivity index (χ4v) is 13.0. The maximum absolute atomic E-state index is 10.00. The van der Waals surface area contributed by atoms with Crippen molar-refractivity contribution in [2.75, 3.05) is 4.90 Å². The number of nitriles is 1. The highest BCUT2D eigenvalue weighted by atomic mass is 32.2. The average molecular weight is 912 g/mol. The van der Waals surface area contributed by atoms with Crippen LogP contribution in [0.4, 0.5) is 22.7 Å². The lowest BCUT2D eigenvalue weighted by Gasteiger charge is -2.41. The first-order valence-electron chi connectivity index (χ1n) is 23.1. The van der Waals surface area contributed by atoms with Crippen molar-refractivity contribution >= 4 is 78.1 Å². The van der Waals surface area contributed by atoms with Crippen molar-refractivity contribution < 1.29 is 4.74 Å². The summed E-state index contributed by atoms with van der Waals surface area (Å²) in [5, 5.41) is 14.2. The van der Waals surface area contributed by atoms with E-state index in [2.05, 4.69) is 164 Å². The third-order valence-corrected chi connectivity index (χ3v) is 15.6. The van der Waals surface area contributed by atoms with E-state index in [0.717, 1.165) is 127 Å². The quantitative estimate of drug-likeness (QED) is 0.164. The molecule has 0 fully saturated rings. The van der Waals surface area contributed by atoms with Crippen molar-refractivity contribution in [2.24, 2.45) is 0 Å². The maximum atomic E-state index is 10.00. The molecule has 8 aromatic carbocycles. The Hall–Kier alpha value is -9.41. The Morgan fingerprint density at radius 3 is 1.99 bits per heavy atom. The summed E-state index contributed by atoms with van der Waals surface area (Å²) in [6.45, 7) is 7.95. The summed E-state index contributed by atoms with van der Waals surface area (Å²) in [4.78, 5) is 19.0. The van der Waals surface area contributed by atoms with Gasteiger partial charge in [0.05, 0.1) is 86.0 Å². The number of benzene rings is 8. The molecule has 0 amide bonds. The van der Waals surface area contributed by atoms with Crippen LogP contribution < -0.4 is 9.64 Å². The summed E-state index contributed by atoms with van der Waals surface area (Å²) in [6, 6.07) is 67.9. The van der Waals surface area contributed by atoms with Crippen molar-refractivity contribution in [2.45, 2.75) is 15.2 Å². The largest absolute Gasteiger partial charge is 0.453 e. The first kappa shape index (κ1) is 38.7. The Morgan fingerprint density at radius 1 is 0.529 bits per heavy atom. The van der Waals surface area contributed by atoms with Gasteiger partial charge in [0, 0.05) is 49.0 Å². The molecule has 6 heterocycles. The summed E-state index contributed by atoms with van der Waals surface area (Å²) < 4.78 is 11.2. The number of para-hydroxylation sites is 6. The van der Waals surface area contributed by atoms with Gasteiger partial charge in [-0.2, -0.15) is 5.26 Å². The van der Waals surface area contributed by atoms with Gasteiger partial charge in [-0.25, -0.2) is 4.85 Å². The van der Waals surface area contributed by atoms with Gasteiger partial charge >= 0.3 is 0 Å². The number of rotatable bonds is 3. The minimum absolute atomic E-state index is 0.602. The molecule has 15 rings (SSSR count). The van der Waals surface area contributed by atoms with Gasteiger partial charge in [-0.1, -0.05) is 96.7 Å². The Labute approximate surface area is 405 Å². The Kier molecular flexibility index (Phi) is 7.90. The minimum Gasteiger partial charge on any atom is -0.453 e. The van der Waals surface area contributed by atoms with E-state index < -0.39 is 5.41 Å². The third-order valence-electron chi connectivity index (χ3n) is 14.5. The second-order valence-corrected chi connectivity index (χ2v) is 19.0. The molecule has 9 heteroatoms. The second kappa shape index (κ2) is 14.3. The van der Waals surface area contributed by atoms with Gasteiger partial charge in [0.15, 0.2) is 17.2 Å². The molecule has 1 unspecified atom stereocenters. The standard InChI is InChI=1S/C61H33N7OS/c1-63-37-24-28-50-43(31-37)41-13-3-5-16-48(41)68(50)53-19-10-22-56-58(53)61(44-26-25-38(33-57(44)70-56)66-51-17-6-8-20-54(51)69-55-21-9-7-18-52(55)66)45-14-11-29-64-59(45)60-46(61)32-39(35-65-60)67-47-15-4-2-12-40(47)42-30-36(34-62)23-27-49(42)67/h2-33,35H. The molecule has 70 heavy (non-hydrogen) atoms. The number of hydrogen-bond acceptors (Lipinski definition) is 6. The molecule has 324 valence electrons. The molecule has 1 aliphatic carbocycles. The molecular formula is C61H33N7OS. The number of hydrogen-bond donors (Lipinski definition) is 0. The van der Waals surface area contributed by atoms with Crippen LogP contribution in [0.3, 0.4) is 0 Å². The van der Waals surface area contributed by atoms with E-state index in [9.17, 15) is 5.26 Å². The Balaban J connectivity index is 1.06. The van der Waals surface area contributed by atoms with Crippen LogP contribution in [0.2, 0.25) is 0 Å². The van der Waals surface area contributed by atoms with Crippen LogP contribution in [0.5, 0.6) is 11.5 Å². The van der Waals surface area contributed by atoms with Crippen LogP contribution in [-0.4, -0.2) is 19.1 Å². The van der Waals surface area contributed by atoms with Gasteiger partial charge in [-0.15, -0.1) is 0 Å². The topological polar surface area (TPSA) is 76.3 Å². The fraction of sp³-hybridized carbons (Fsp3) is 0.0164. The van der Waals surface area contributed by atoms with Gasteiger partial charge < -0.3 is 18.8 Å². The molecule has 1 atom stereocenters. The lowest BCUT2D eigenvalue weighted by molar-refractivity contribution is 0.477. The van der Waals surface area contributed by atoms with Crippen LogP contribution in [-0.2, 0) is 5.41 Å². The summed E-state index contributed by atoms with van der Waals surface area (Å²) in [7, 11) is 0. The van der Waals surface area contributed by atoms with Gasteiger partial charge in [0.25, 0.3) is 0 Å². The molecule has 12 aromatic rings. The van der Waals surface area contributed by atoms with Crippen LogP contribution in [0.1, 0.15) is 27.8 Å². The van der Waals surface area contributed by atoms with E-state index in [1.54, 1.807) is 11.8 Å². The van der Waals surface area contributed by atoms with Gasteiger partial charge in [-0.3, -0.25) is 9.97 Å². The smallest absolute Gasteiger partial charge is 0.188 e. The molecule has 2 aliphatic heterocycles. The summed E-state index contributed by atoms with van der Waals surface area (Å²) in [5.74, 6) is 1.59. The monoisotopic (exact) mass is 911 g/mol. The summed E-state index contributed by atoms with van der Waals surface area (Å²) in [5.41, 5.74) is 15.3. The first-order valence-corrected chi connectivity index (χ1v) is 23.9. The Bertz CT molecular complexity index is 4340. The molecule has 3 aliphatic rings. The normalized spacial score (nSPS) is 14.9. The maximum Gasteiger partial charge on any atom is 0.188 e. The summed E-state index contributed by atoms with van der Waals surface area (Å²) >= 11 is 1.79. The van der Waals surface area contributed by atoms with Crippen molar-refractivity contribution in [3.63, 3.8) is 0 Å². The number of pyridine rings is 2. The van der Waals surface area contributed by atoms with Gasteiger partial charge in [-0.05, 0) is 120 Å². The first-order chi connectivity index (χ1) is 34.6. The second-order valence-electron chi connectivity index (χ2n) is 17.9. The molecule has 0 bridgehead atoms. The SMILES string of the molecule is [C-]#[N+]c1ccc2c(c1)c1ccccc1n2-c1cccc2c1C1(c3ccc(N4c5ccccc5Oc5ccccc54)cc3S2)c2cccnc2-c2ncc(-n3c4ccccc4c4cc(C#N)ccc43)cc21. The van der Waals surface area contributed by atoms with E-state index in [-0.39, 0.29) is 0 Å². The van der Waals surface area contributed by atoms with E-state index in [4.69, 9.17) is 21.3 Å². The lowest BCUT2D eigenvalue weighted by atomic mass is 9.67. The molecule has 0 N–H and O–H groups in total. The van der Waals surface area contributed by atoms with Crippen LogP contribution in [0.25, 0.3) is 71.2 Å². The highest BCUT2D eigenvalue weighted by Crippen LogP contribution is 2.64. The lowest BCUT2D eigenvalue weighted by Crippen LogP contribution is -2.34. The molecule has 0 saturated carbocycles. The predicted molar refractivity (Wildman–Crippen MR) is 278 cm³/mol. The number of anilines is 3. The fourth-order valence-electron chi connectivity index (χ4n) is 11.7. The van der Waals surface area contributed by atoms with Crippen molar-refractivity contribution in [3.05, 3.63) is 240 Å². The zero-order valence-electron chi connectivity index (χ0n) is 37.0. The zero-order chi connectivity index (χ0) is 46.2. The van der Waals surface area contributed by atoms with Gasteiger partial charge in [0.2, 0.25) is 0 Å². The minimum atomic E-state index is -0.922. The molecule has 0 radical (unpaired) electrons. The third kappa shape index (κ3) is 5.08. The van der Waals surface area contributed by atoms with Crippen molar-refractivity contribution in [3.8, 4) is 40.3 Å². The number of ether oxygens (including phenoxy) is 1. The molecular weight excluding hydrogens is 879 g/mol. The van der Waals surface area contributed by atoms with E-state index >= 15 is 0 Å². The Morgan fingerprint density at radius 2 is 1.20 bits per heavy atom. The van der Waals surface area contributed by atoms with Crippen molar-refractivity contribution in [1.29, 1.82) is 5.26 Å². The van der Waals surface area contributed by atoms with E-state index in [1.807, 2.05) is 60.9 Å². The highest BCUT2D eigenvalue weighted by molar-refractivity contribution is 7.99.